The van der Waals surface area contributed by atoms with E-state index in [4.69, 9.17) is 10.2 Å². The summed E-state index contributed by atoms with van der Waals surface area (Å²) in [6, 6.07) is 0. The molecular weight excluding hydrogens is 396 g/mol. The zero-order valence-electron chi connectivity index (χ0n) is 17.9. The fourth-order valence-corrected chi connectivity index (χ4v) is 3.42. The summed E-state index contributed by atoms with van der Waals surface area (Å²) in [5.41, 5.74) is 0. The first-order chi connectivity index (χ1) is 13.9. The molecule has 0 aliphatic heterocycles. The smallest absolute Gasteiger partial charge is 0.394 e. The molecule has 0 saturated carbocycles. The summed E-state index contributed by atoms with van der Waals surface area (Å²) >= 11 is 0. The van der Waals surface area contributed by atoms with Crippen molar-refractivity contribution in [1.29, 1.82) is 0 Å². The Morgan fingerprint density at radius 2 is 1.41 bits per heavy atom. The molecule has 0 radical (unpaired) electrons. The van der Waals surface area contributed by atoms with Crippen LogP contribution in [0.25, 0.3) is 0 Å². The highest BCUT2D eigenvalue weighted by molar-refractivity contribution is 7.82. The number of hydrogen-bond acceptors (Lipinski definition) is 7. The third-order valence-corrected chi connectivity index (χ3v) is 5.27. The monoisotopic (exact) mass is 436 g/mol. The van der Waals surface area contributed by atoms with E-state index in [9.17, 15) is 13.2 Å². The summed E-state index contributed by atoms with van der Waals surface area (Å²) in [6.45, 7) is 0.938. The molecule has 172 valence electrons. The predicted octanol–water partition coefficient (Wildman–Crippen LogP) is 4.18. The molecule has 0 aliphatic rings. The molecular formula is C21H40O7S. The average Bonchev–Trinajstić information content (AvgIpc) is 2.68. The molecule has 0 aliphatic carbocycles. The third-order valence-electron chi connectivity index (χ3n) is 4.45. The number of aliphatic hydroxyl groups excluding tert-OH is 2. The van der Waals surface area contributed by atoms with Crippen LogP contribution < -0.4 is 0 Å². The Morgan fingerprint density at radius 1 is 0.897 bits per heavy atom. The highest BCUT2D eigenvalue weighted by Crippen LogP contribution is 2.11. The van der Waals surface area contributed by atoms with E-state index in [1.54, 1.807) is 0 Å². The van der Waals surface area contributed by atoms with E-state index < -0.39 is 35.7 Å². The van der Waals surface area contributed by atoms with Crippen molar-refractivity contribution in [3.63, 3.8) is 0 Å². The lowest BCUT2D eigenvalue weighted by Gasteiger charge is -2.08. The van der Waals surface area contributed by atoms with Gasteiger partial charge in [-0.25, -0.2) is 4.18 Å². The maximum Gasteiger partial charge on any atom is 0.451 e. The van der Waals surface area contributed by atoms with Crippen molar-refractivity contribution in [3.05, 3.63) is 12.2 Å². The van der Waals surface area contributed by atoms with Gasteiger partial charge in [-0.15, -0.1) is 0 Å². The minimum Gasteiger partial charge on any atom is -0.394 e. The van der Waals surface area contributed by atoms with Gasteiger partial charge >= 0.3 is 16.4 Å². The second-order valence-corrected chi connectivity index (χ2v) is 8.54. The molecule has 0 rings (SSSR count). The van der Waals surface area contributed by atoms with Crippen LogP contribution in [0.5, 0.6) is 0 Å². The van der Waals surface area contributed by atoms with Crippen LogP contribution in [-0.2, 0) is 23.6 Å². The summed E-state index contributed by atoms with van der Waals surface area (Å²) in [4.78, 5) is 11.5. The molecule has 0 aromatic carbocycles. The van der Waals surface area contributed by atoms with Crippen molar-refractivity contribution in [2.24, 2.45) is 0 Å². The van der Waals surface area contributed by atoms with Gasteiger partial charge in [-0.05, 0) is 32.1 Å². The second-order valence-electron chi connectivity index (χ2n) is 7.32. The van der Waals surface area contributed by atoms with Crippen molar-refractivity contribution < 1.29 is 31.8 Å². The standard InChI is InChI=1S/C21H40O7S/c1-2-3-4-5-6-7-8-9-10-11-12-13-14-15-16-17-21(24)28-29(25,26)27-19-20(23)18-22/h9-10,20,22-23H,2-8,11-19H2,1H3. The first kappa shape index (κ1) is 28.0. The Bertz CT molecular complexity index is 517. The lowest BCUT2D eigenvalue weighted by molar-refractivity contribution is -0.134. The number of carbonyl (C=O) groups is 1. The number of allylic oxidation sites excluding steroid dienone is 2. The van der Waals surface area contributed by atoms with Gasteiger partial charge in [0, 0.05) is 6.42 Å². The maximum atomic E-state index is 11.5. The zero-order chi connectivity index (χ0) is 21.8. The predicted molar refractivity (Wildman–Crippen MR) is 114 cm³/mol. The molecule has 1 atom stereocenters. The van der Waals surface area contributed by atoms with E-state index >= 15 is 0 Å². The van der Waals surface area contributed by atoms with E-state index in [0.717, 1.165) is 32.1 Å². The Kier molecular flexibility index (Phi) is 18.4. The van der Waals surface area contributed by atoms with Crippen LogP contribution in [0, 0.1) is 0 Å². The van der Waals surface area contributed by atoms with Crippen LogP contribution in [0.3, 0.4) is 0 Å². The molecule has 29 heavy (non-hydrogen) atoms. The molecule has 0 heterocycles. The molecule has 0 spiro atoms. The molecule has 7 nitrogen and oxygen atoms in total. The van der Waals surface area contributed by atoms with Gasteiger partial charge in [0.05, 0.1) is 13.2 Å². The van der Waals surface area contributed by atoms with Gasteiger partial charge in [-0.2, -0.15) is 8.42 Å². The number of aliphatic hydroxyl groups is 2. The Morgan fingerprint density at radius 3 is 1.97 bits per heavy atom. The summed E-state index contributed by atoms with van der Waals surface area (Å²) in [5.74, 6) is -0.874. The summed E-state index contributed by atoms with van der Waals surface area (Å²) in [6.07, 6.45) is 18.0. The maximum absolute atomic E-state index is 11.5. The molecule has 0 bridgehead atoms. The van der Waals surface area contributed by atoms with Crippen molar-refractivity contribution >= 4 is 16.4 Å². The molecule has 0 aromatic rings. The number of hydrogen-bond donors (Lipinski definition) is 2. The average molecular weight is 437 g/mol. The summed E-state index contributed by atoms with van der Waals surface area (Å²) < 4.78 is 31.3. The molecule has 0 aromatic heterocycles. The third kappa shape index (κ3) is 20.1. The van der Waals surface area contributed by atoms with Crippen LogP contribution in [-0.4, -0.2) is 43.9 Å². The largest absolute Gasteiger partial charge is 0.451 e. The summed E-state index contributed by atoms with van der Waals surface area (Å²) in [7, 11) is -4.48. The van der Waals surface area contributed by atoms with Gasteiger partial charge in [-0.1, -0.05) is 70.4 Å². The van der Waals surface area contributed by atoms with E-state index in [0.29, 0.717) is 6.42 Å². The normalized spacial score (nSPS) is 13.1. The highest BCUT2D eigenvalue weighted by Gasteiger charge is 2.19. The molecule has 8 heteroatoms. The quantitative estimate of drug-likeness (QED) is 0.217. The van der Waals surface area contributed by atoms with Gasteiger partial charge < -0.3 is 14.4 Å². The molecule has 2 N–H and O–H groups in total. The fraction of sp³-hybridized carbons (Fsp3) is 0.857. The topological polar surface area (TPSA) is 110 Å². The van der Waals surface area contributed by atoms with E-state index in [2.05, 4.69) is 27.4 Å². The first-order valence-electron chi connectivity index (χ1n) is 11.0. The van der Waals surface area contributed by atoms with Gasteiger partial charge in [0.2, 0.25) is 0 Å². The van der Waals surface area contributed by atoms with Crippen molar-refractivity contribution in [2.75, 3.05) is 13.2 Å². The molecule has 0 amide bonds. The molecule has 0 saturated heterocycles. The second kappa shape index (κ2) is 19.0. The Hall–Kier alpha value is -0.960. The van der Waals surface area contributed by atoms with E-state index in [1.165, 1.54) is 44.9 Å². The fourth-order valence-electron chi connectivity index (χ4n) is 2.73. The number of rotatable bonds is 20. The van der Waals surface area contributed by atoms with Crippen molar-refractivity contribution in [1.82, 2.24) is 0 Å². The Labute approximate surface area is 176 Å². The number of unbranched alkanes of at least 4 members (excludes halogenated alkanes) is 11. The molecule has 0 fully saturated rings. The zero-order valence-corrected chi connectivity index (χ0v) is 18.7. The van der Waals surface area contributed by atoms with Gasteiger partial charge in [0.25, 0.3) is 0 Å². The van der Waals surface area contributed by atoms with E-state index in [-0.39, 0.29) is 6.42 Å². The van der Waals surface area contributed by atoms with Gasteiger partial charge in [-0.3, -0.25) is 4.79 Å². The summed E-state index contributed by atoms with van der Waals surface area (Å²) in [5, 5.41) is 17.6. The van der Waals surface area contributed by atoms with Crippen LogP contribution in [0.2, 0.25) is 0 Å². The molecule has 1 unspecified atom stereocenters. The minimum atomic E-state index is -4.48. The first-order valence-corrected chi connectivity index (χ1v) is 12.3. The lowest BCUT2D eigenvalue weighted by Crippen LogP contribution is -2.24. The van der Waals surface area contributed by atoms with Gasteiger partial charge in [0.1, 0.15) is 6.10 Å². The highest BCUT2D eigenvalue weighted by atomic mass is 32.3. The Balaban J connectivity index is 3.51. The minimum absolute atomic E-state index is 0.00328. The van der Waals surface area contributed by atoms with Crippen LogP contribution in [0.4, 0.5) is 0 Å². The van der Waals surface area contributed by atoms with E-state index in [1.807, 2.05) is 0 Å². The lowest BCUT2D eigenvalue weighted by atomic mass is 10.1. The van der Waals surface area contributed by atoms with Crippen molar-refractivity contribution in [2.45, 2.75) is 103 Å². The van der Waals surface area contributed by atoms with Crippen LogP contribution >= 0.6 is 0 Å². The van der Waals surface area contributed by atoms with Gasteiger partial charge in [0.15, 0.2) is 0 Å². The SMILES string of the molecule is CCCCCCCCC=CCCCCCCCC(=O)OS(=O)(=O)OCC(O)CO. The van der Waals surface area contributed by atoms with Crippen LogP contribution in [0.15, 0.2) is 12.2 Å². The number of carbonyl (C=O) groups excluding carboxylic acids is 1. The van der Waals surface area contributed by atoms with Crippen LogP contribution in [0.1, 0.15) is 96.8 Å². The van der Waals surface area contributed by atoms with Crippen molar-refractivity contribution in [3.8, 4) is 0 Å².